The molecule has 0 fully saturated rings. The number of hydrogen-bond acceptors (Lipinski definition) is 5. The van der Waals surface area contributed by atoms with Crippen molar-refractivity contribution in [2.45, 2.75) is 61.3 Å². The fraction of sp³-hybridized carbons (Fsp3) is 0.455. The van der Waals surface area contributed by atoms with Crippen LogP contribution >= 0.6 is 11.3 Å². The summed E-state index contributed by atoms with van der Waals surface area (Å²) in [4.78, 5) is 13.5. The van der Waals surface area contributed by atoms with Crippen molar-refractivity contribution in [1.29, 1.82) is 0 Å². The minimum Gasteiger partial charge on any atom is -0.508 e. The van der Waals surface area contributed by atoms with Gasteiger partial charge in [0.15, 0.2) is 0 Å². The summed E-state index contributed by atoms with van der Waals surface area (Å²) in [5.41, 5.74) is 4.83. The summed E-state index contributed by atoms with van der Waals surface area (Å²) < 4.78 is 5.82. The number of benzene rings is 1. The van der Waals surface area contributed by atoms with E-state index in [4.69, 9.17) is 9.53 Å². The molecule has 0 radical (unpaired) electrons. The van der Waals surface area contributed by atoms with E-state index in [1.807, 2.05) is 79.0 Å². The third-order valence-electron chi connectivity index (χ3n) is 3.19. The number of ether oxygens (including phenoxy) is 1. The maximum atomic E-state index is 9.98. The number of hydrogen-bond donors (Lipinski definition) is 1. The molecular weight excluding hydrogens is 358 g/mol. The lowest BCUT2D eigenvalue weighted by molar-refractivity contribution is -0.0979. The Morgan fingerprint density at radius 1 is 1.19 bits per heavy atom. The van der Waals surface area contributed by atoms with Gasteiger partial charge >= 0.3 is 0 Å². The van der Waals surface area contributed by atoms with Crippen LogP contribution in [-0.4, -0.2) is 23.5 Å². The van der Waals surface area contributed by atoms with E-state index >= 15 is 0 Å². The number of rotatable bonds is 6. The summed E-state index contributed by atoms with van der Waals surface area (Å²) in [6.07, 6.45) is 3.47. The molecule has 0 atom stereocenters. The predicted octanol–water partition coefficient (Wildman–Crippen LogP) is 6.56. The molecular formula is C22H35NO3S. The molecule has 1 heterocycles. The first kappa shape index (κ1) is 27.1. The van der Waals surface area contributed by atoms with E-state index in [2.05, 4.69) is 4.98 Å². The van der Waals surface area contributed by atoms with E-state index in [1.165, 1.54) is 4.88 Å². The van der Waals surface area contributed by atoms with Crippen LogP contribution in [0.5, 0.6) is 5.75 Å². The third-order valence-corrected chi connectivity index (χ3v) is 4.18. The quantitative estimate of drug-likeness (QED) is 0.565. The van der Waals surface area contributed by atoms with Gasteiger partial charge in [0.2, 0.25) is 0 Å². The SMILES string of the molecule is C=O.CC.CC.CCC=C(O)c1cc(C)cc(OCCc2scnc2C)c1. The molecule has 0 unspecified atom stereocenters. The first-order chi connectivity index (χ1) is 13.1. The van der Waals surface area contributed by atoms with Crippen molar-refractivity contribution in [3.05, 3.63) is 51.5 Å². The zero-order valence-electron chi connectivity index (χ0n) is 17.8. The van der Waals surface area contributed by atoms with Gasteiger partial charge < -0.3 is 14.6 Å². The molecule has 5 heteroatoms. The average molecular weight is 394 g/mol. The normalized spacial score (nSPS) is 9.67. The maximum absolute atomic E-state index is 9.98. The summed E-state index contributed by atoms with van der Waals surface area (Å²) >= 11 is 1.66. The standard InChI is InChI=1S/C17H21NO2S.2C2H6.CH2O/c1-4-5-16(19)14-8-12(2)9-15(10-14)20-7-6-17-13(3)18-11-21-17;3*1-2/h5,8-11,19H,4,6-7H2,1-3H3;2*1-2H3;1H2. The lowest BCUT2D eigenvalue weighted by atomic mass is 10.1. The number of allylic oxidation sites excluding steroid dienone is 1. The summed E-state index contributed by atoms with van der Waals surface area (Å²) in [5.74, 6) is 1.10. The van der Waals surface area contributed by atoms with E-state index < -0.39 is 0 Å². The lowest BCUT2D eigenvalue weighted by Crippen LogP contribution is -2.02. The number of aliphatic hydroxyl groups excluding tert-OH is 1. The molecule has 0 aliphatic rings. The van der Waals surface area contributed by atoms with Crippen molar-refractivity contribution in [2.24, 2.45) is 0 Å². The third kappa shape index (κ3) is 10.6. The summed E-state index contributed by atoms with van der Waals surface area (Å²) in [6.45, 7) is 16.6. The van der Waals surface area contributed by atoms with E-state index in [1.54, 1.807) is 17.4 Å². The van der Waals surface area contributed by atoms with Crippen LogP contribution in [0.1, 0.15) is 62.7 Å². The van der Waals surface area contributed by atoms with Gasteiger partial charge in [0, 0.05) is 16.9 Å². The van der Waals surface area contributed by atoms with Gasteiger partial charge in [-0.05, 0) is 50.1 Å². The highest BCUT2D eigenvalue weighted by molar-refractivity contribution is 7.09. The molecule has 2 rings (SSSR count). The van der Waals surface area contributed by atoms with E-state index in [-0.39, 0.29) is 0 Å². The minimum absolute atomic E-state index is 0.310. The Morgan fingerprint density at radius 3 is 2.33 bits per heavy atom. The van der Waals surface area contributed by atoms with Crippen LogP contribution in [0.15, 0.2) is 29.8 Å². The molecule has 0 saturated carbocycles. The average Bonchev–Trinajstić information content (AvgIpc) is 3.11. The Balaban J connectivity index is 0. The molecule has 0 bridgehead atoms. The lowest BCUT2D eigenvalue weighted by Gasteiger charge is -2.09. The van der Waals surface area contributed by atoms with E-state index in [0.29, 0.717) is 12.4 Å². The molecule has 27 heavy (non-hydrogen) atoms. The second-order valence-corrected chi connectivity index (χ2v) is 5.93. The van der Waals surface area contributed by atoms with Gasteiger partial charge in [0.1, 0.15) is 18.3 Å². The molecule has 0 saturated heterocycles. The summed E-state index contributed by atoms with van der Waals surface area (Å²) in [7, 11) is 0. The number of nitrogens with zero attached hydrogens (tertiary/aromatic N) is 1. The van der Waals surface area contributed by atoms with E-state index in [0.717, 1.165) is 35.4 Å². The Morgan fingerprint density at radius 2 is 1.81 bits per heavy atom. The van der Waals surface area contributed by atoms with Crippen molar-refractivity contribution in [3.8, 4) is 5.75 Å². The van der Waals surface area contributed by atoms with Crippen molar-refractivity contribution < 1.29 is 14.6 Å². The highest BCUT2D eigenvalue weighted by atomic mass is 32.1. The first-order valence-corrected chi connectivity index (χ1v) is 10.3. The highest BCUT2D eigenvalue weighted by Gasteiger charge is 2.05. The van der Waals surface area contributed by atoms with Crippen molar-refractivity contribution >= 4 is 23.9 Å². The van der Waals surface area contributed by atoms with Crippen LogP contribution in [0.4, 0.5) is 0 Å². The van der Waals surface area contributed by atoms with Gasteiger partial charge in [0.25, 0.3) is 0 Å². The molecule has 0 aliphatic carbocycles. The van der Waals surface area contributed by atoms with Crippen molar-refractivity contribution in [2.75, 3.05) is 6.61 Å². The Bertz CT molecular complexity index is 651. The molecule has 1 aromatic heterocycles. The van der Waals surface area contributed by atoms with Gasteiger partial charge in [-0.1, -0.05) is 34.6 Å². The largest absolute Gasteiger partial charge is 0.508 e. The molecule has 2 aromatic rings. The first-order valence-electron chi connectivity index (χ1n) is 9.42. The second kappa shape index (κ2) is 17.3. The molecule has 1 aromatic carbocycles. The number of aromatic nitrogens is 1. The number of thiazole rings is 1. The van der Waals surface area contributed by atoms with Crippen molar-refractivity contribution in [1.82, 2.24) is 4.98 Å². The summed E-state index contributed by atoms with van der Waals surface area (Å²) in [6, 6.07) is 5.83. The second-order valence-electron chi connectivity index (χ2n) is 4.99. The van der Waals surface area contributed by atoms with Gasteiger partial charge in [-0.2, -0.15) is 0 Å². The molecule has 0 aliphatic heterocycles. The van der Waals surface area contributed by atoms with Crippen LogP contribution in [0.3, 0.4) is 0 Å². The number of aliphatic hydroxyl groups is 1. The minimum atomic E-state index is 0.310. The Kier molecular flexibility index (Phi) is 17.3. The fourth-order valence-corrected chi connectivity index (χ4v) is 2.88. The van der Waals surface area contributed by atoms with Crippen LogP contribution < -0.4 is 4.74 Å². The molecule has 0 amide bonds. The highest BCUT2D eigenvalue weighted by Crippen LogP contribution is 2.22. The molecule has 4 nitrogen and oxygen atoms in total. The van der Waals surface area contributed by atoms with E-state index in [9.17, 15) is 5.11 Å². The monoisotopic (exact) mass is 393 g/mol. The molecule has 0 spiro atoms. The maximum Gasteiger partial charge on any atom is 0.120 e. The molecule has 152 valence electrons. The van der Waals surface area contributed by atoms with Crippen LogP contribution in [0.25, 0.3) is 5.76 Å². The van der Waals surface area contributed by atoms with Gasteiger partial charge in [-0.3, -0.25) is 0 Å². The van der Waals surface area contributed by atoms with Crippen LogP contribution in [0, 0.1) is 13.8 Å². The zero-order valence-corrected chi connectivity index (χ0v) is 18.7. The Labute approximate surface area is 168 Å². The number of carbonyl (C=O) groups is 1. The van der Waals surface area contributed by atoms with Gasteiger partial charge in [0.05, 0.1) is 17.8 Å². The smallest absolute Gasteiger partial charge is 0.120 e. The summed E-state index contributed by atoms with van der Waals surface area (Å²) in [5, 5.41) is 9.98. The zero-order chi connectivity index (χ0) is 21.2. The fourth-order valence-electron chi connectivity index (χ4n) is 2.12. The molecule has 1 N–H and O–H groups in total. The Hall–Kier alpha value is -2.14. The number of aryl methyl sites for hydroxylation is 2. The van der Waals surface area contributed by atoms with Crippen LogP contribution in [0.2, 0.25) is 0 Å². The van der Waals surface area contributed by atoms with Gasteiger partial charge in [-0.15, -0.1) is 11.3 Å². The number of carbonyl (C=O) groups excluding carboxylic acids is 1. The van der Waals surface area contributed by atoms with Crippen LogP contribution in [-0.2, 0) is 11.2 Å². The predicted molar refractivity (Wildman–Crippen MR) is 118 cm³/mol. The van der Waals surface area contributed by atoms with Gasteiger partial charge in [-0.25, -0.2) is 4.98 Å². The van der Waals surface area contributed by atoms with Crippen molar-refractivity contribution in [3.63, 3.8) is 0 Å². The topological polar surface area (TPSA) is 59.4 Å².